The first kappa shape index (κ1) is 19.1. The number of esters is 1. The number of hydrogen-bond donors (Lipinski definition) is 2. The first-order chi connectivity index (χ1) is 12.5. The van der Waals surface area contributed by atoms with Gasteiger partial charge in [-0.1, -0.05) is 36.4 Å². The van der Waals surface area contributed by atoms with E-state index in [1.54, 1.807) is 55.6 Å². The van der Waals surface area contributed by atoms with Crippen molar-refractivity contribution < 1.29 is 19.1 Å². The zero-order chi connectivity index (χ0) is 18.9. The van der Waals surface area contributed by atoms with Gasteiger partial charge in [0.15, 0.2) is 0 Å². The van der Waals surface area contributed by atoms with Crippen LogP contribution in [0.4, 0.5) is 4.79 Å². The fraction of sp³-hybridized carbons (Fsp3) is 0.263. The summed E-state index contributed by atoms with van der Waals surface area (Å²) in [6, 6.07) is 11.5. The van der Waals surface area contributed by atoms with E-state index in [1.807, 2.05) is 6.92 Å². The lowest BCUT2D eigenvalue weighted by atomic mass is 10.1. The average Bonchev–Trinajstić information content (AvgIpc) is 2.62. The Morgan fingerprint density at radius 3 is 2.46 bits per heavy atom. The van der Waals surface area contributed by atoms with Crippen LogP contribution in [0.3, 0.4) is 0 Å². The second kappa shape index (κ2) is 9.31. The number of carbonyl (C=O) groups excluding carboxylic acids is 3. The number of aromatic nitrogens is 1. The Hall–Kier alpha value is -3.22. The third kappa shape index (κ3) is 5.70. The van der Waals surface area contributed by atoms with Crippen molar-refractivity contribution in [1.29, 1.82) is 0 Å². The lowest BCUT2D eigenvalue weighted by Gasteiger charge is -2.17. The summed E-state index contributed by atoms with van der Waals surface area (Å²) < 4.78 is 5.35. The number of ether oxygens (including phenoxy) is 1. The second-order valence-corrected chi connectivity index (χ2v) is 5.61. The van der Waals surface area contributed by atoms with Gasteiger partial charge in [-0.2, -0.15) is 0 Å². The van der Waals surface area contributed by atoms with Gasteiger partial charge in [-0.15, -0.1) is 0 Å². The minimum Gasteiger partial charge on any atom is -0.447 e. The SMILES string of the molecule is CCNC(=O)NC(=O)C(OC(=O)Cc1ccc(C)nc1)c1ccccc1. The smallest absolute Gasteiger partial charge is 0.321 e. The summed E-state index contributed by atoms with van der Waals surface area (Å²) in [5, 5.41) is 4.64. The minimum absolute atomic E-state index is 0.0228. The van der Waals surface area contributed by atoms with Crippen molar-refractivity contribution >= 4 is 17.9 Å². The molecule has 1 atom stereocenters. The molecule has 2 N–H and O–H groups in total. The van der Waals surface area contributed by atoms with E-state index in [9.17, 15) is 14.4 Å². The molecule has 3 amide bonds. The van der Waals surface area contributed by atoms with Crippen LogP contribution in [0.15, 0.2) is 48.7 Å². The number of hydrogen-bond acceptors (Lipinski definition) is 5. The maximum absolute atomic E-state index is 12.4. The summed E-state index contributed by atoms with van der Waals surface area (Å²) in [7, 11) is 0. The maximum atomic E-state index is 12.4. The number of amides is 3. The highest BCUT2D eigenvalue weighted by molar-refractivity contribution is 5.97. The molecule has 7 nitrogen and oxygen atoms in total. The van der Waals surface area contributed by atoms with Crippen molar-refractivity contribution in [2.24, 2.45) is 0 Å². The summed E-state index contributed by atoms with van der Waals surface area (Å²) in [6.45, 7) is 3.95. The number of carbonyl (C=O) groups is 3. The van der Waals surface area contributed by atoms with Crippen LogP contribution < -0.4 is 10.6 Å². The number of aryl methyl sites for hydroxylation is 1. The molecule has 0 saturated carbocycles. The molecule has 0 aliphatic rings. The summed E-state index contributed by atoms with van der Waals surface area (Å²) in [5.41, 5.74) is 1.99. The number of nitrogens with one attached hydrogen (secondary N) is 2. The van der Waals surface area contributed by atoms with E-state index in [0.717, 1.165) is 5.69 Å². The standard InChI is InChI=1S/C19H21N3O4/c1-3-20-19(25)22-18(24)17(15-7-5-4-6-8-15)26-16(23)11-14-10-9-13(2)21-12-14/h4-10,12,17H,3,11H2,1-2H3,(H2,20,22,24,25). The number of benzene rings is 1. The quantitative estimate of drug-likeness (QED) is 0.773. The topological polar surface area (TPSA) is 97.4 Å². The second-order valence-electron chi connectivity index (χ2n) is 5.61. The van der Waals surface area contributed by atoms with Crippen molar-refractivity contribution in [3.05, 3.63) is 65.5 Å². The molecule has 0 fully saturated rings. The predicted molar refractivity (Wildman–Crippen MR) is 95.2 cm³/mol. The highest BCUT2D eigenvalue weighted by atomic mass is 16.5. The van der Waals surface area contributed by atoms with Gasteiger partial charge < -0.3 is 10.1 Å². The van der Waals surface area contributed by atoms with Crippen LogP contribution in [-0.2, 0) is 20.7 Å². The van der Waals surface area contributed by atoms with Gasteiger partial charge in [-0.25, -0.2) is 4.79 Å². The van der Waals surface area contributed by atoms with E-state index >= 15 is 0 Å². The summed E-state index contributed by atoms with van der Waals surface area (Å²) in [5.74, 6) is -1.30. The summed E-state index contributed by atoms with van der Waals surface area (Å²) in [4.78, 5) is 40.4. The Balaban J connectivity index is 2.10. The maximum Gasteiger partial charge on any atom is 0.321 e. The van der Waals surface area contributed by atoms with Crippen LogP contribution in [-0.4, -0.2) is 29.4 Å². The third-order valence-electron chi connectivity index (χ3n) is 3.48. The van der Waals surface area contributed by atoms with Gasteiger partial charge in [0.2, 0.25) is 6.10 Å². The van der Waals surface area contributed by atoms with E-state index in [1.165, 1.54) is 0 Å². The van der Waals surface area contributed by atoms with Crippen LogP contribution in [0, 0.1) is 6.92 Å². The van der Waals surface area contributed by atoms with Gasteiger partial charge >= 0.3 is 12.0 Å². The molecule has 0 aliphatic carbocycles. The Labute approximate surface area is 151 Å². The van der Waals surface area contributed by atoms with E-state index in [-0.39, 0.29) is 6.42 Å². The van der Waals surface area contributed by atoms with Gasteiger partial charge in [-0.3, -0.25) is 19.9 Å². The van der Waals surface area contributed by atoms with E-state index in [0.29, 0.717) is 17.7 Å². The first-order valence-electron chi connectivity index (χ1n) is 8.24. The molecule has 7 heteroatoms. The number of pyridine rings is 1. The molecule has 0 bridgehead atoms. The minimum atomic E-state index is -1.22. The van der Waals surface area contributed by atoms with Crippen molar-refractivity contribution in [3.63, 3.8) is 0 Å². The monoisotopic (exact) mass is 355 g/mol. The zero-order valence-electron chi connectivity index (χ0n) is 14.7. The highest BCUT2D eigenvalue weighted by Gasteiger charge is 2.26. The van der Waals surface area contributed by atoms with Crippen LogP contribution in [0.1, 0.15) is 29.8 Å². The molecule has 1 heterocycles. The fourth-order valence-electron chi connectivity index (χ4n) is 2.23. The molecule has 0 radical (unpaired) electrons. The Kier molecular flexibility index (Phi) is 6.84. The lowest BCUT2D eigenvalue weighted by molar-refractivity contribution is -0.155. The molecule has 1 aromatic heterocycles. The number of rotatable bonds is 6. The Morgan fingerprint density at radius 2 is 1.85 bits per heavy atom. The van der Waals surface area contributed by atoms with Crippen LogP contribution in [0.25, 0.3) is 0 Å². The number of urea groups is 1. The van der Waals surface area contributed by atoms with Crippen molar-refractivity contribution in [1.82, 2.24) is 15.6 Å². The molecular formula is C19H21N3O4. The molecule has 0 saturated heterocycles. The molecule has 0 spiro atoms. The molecule has 2 rings (SSSR count). The Bertz CT molecular complexity index is 760. The molecule has 1 aromatic carbocycles. The Morgan fingerprint density at radius 1 is 1.12 bits per heavy atom. The lowest BCUT2D eigenvalue weighted by Crippen LogP contribution is -2.42. The van der Waals surface area contributed by atoms with E-state index in [4.69, 9.17) is 4.74 Å². The molecule has 2 aromatic rings. The molecule has 0 aliphatic heterocycles. The van der Waals surface area contributed by atoms with E-state index in [2.05, 4.69) is 15.6 Å². The predicted octanol–water partition coefficient (Wildman–Crippen LogP) is 2.06. The van der Waals surface area contributed by atoms with Gasteiger partial charge in [0, 0.05) is 24.0 Å². The number of imide groups is 1. The van der Waals surface area contributed by atoms with Crippen molar-refractivity contribution in [2.75, 3.05) is 6.54 Å². The molecular weight excluding hydrogens is 334 g/mol. The van der Waals surface area contributed by atoms with E-state index < -0.39 is 24.0 Å². The van der Waals surface area contributed by atoms with Gasteiger partial charge in [0.05, 0.1) is 6.42 Å². The van der Waals surface area contributed by atoms with Crippen molar-refractivity contribution in [2.45, 2.75) is 26.4 Å². The summed E-state index contributed by atoms with van der Waals surface area (Å²) in [6.07, 6.45) is 0.346. The third-order valence-corrected chi connectivity index (χ3v) is 3.48. The summed E-state index contributed by atoms with van der Waals surface area (Å²) >= 11 is 0. The van der Waals surface area contributed by atoms with Gasteiger partial charge in [-0.05, 0) is 25.5 Å². The molecule has 26 heavy (non-hydrogen) atoms. The largest absolute Gasteiger partial charge is 0.447 e. The van der Waals surface area contributed by atoms with Gasteiger partial charge in [0.1, 0.15) is 0 Å². The highest BCUT2D eigenvalue weighted by Crippen LogP contribution is 2.18. The van der Waals surface area contributed by atoms with Gasteiger partial charge in [0.25, 0.3) is 5.91 Å². The molecule has 136 valence electrons. The first-order valence-corrected chi connectivity index (χ1v) is 8.24. The van der Waals surface area contributed by atoms with Crippen LogP contribution >= 0.6 is 0 Å². The molecule has 1 unspecified atom stereocenters. The normalized spacial score (nSPS) is 11.3. The number of nitrogens with zero attached hydrogens (tertiary/aromatic N) is 1. The average molecular weight is 355 g/mol. The zero-order valence-corrected chi connectivity index (χ0v) is 14.7. The van der Waals surface area contributed by atoms with Crippen molar-refractivity contribution in [3.8, 4) is 0 Å². The van der Waals surface area contributed by atoms with Crippen LogP contribution in [0.5, 0.6) is 0 Å². The fourth-order valence-corrected chi connectivity index (χ4v) is 2.23. The van der Waals surface area contributed by atoms with Crippen LogP contribution in [0.2, 0.25) is 0 Å².